The van der Waals surface area contributed by atoms with Gasteiger partial charge in [-0.2, -0.15) is 5.10 Å². The molecule has 2 aliphatic rings. The van der Waals surface area contributed by atoms with Crippen molar-refractivity contribution in [2.45, 2.75) is 50.7 Å². The highest BCUT2D eigenvalue weighted by atomic mass is 16.5. The van der Waals surface area contributed by atoms with Crippen molar-refractivity contribution in [2.75, 3.05) is 32.1 Å². The second-order valence-corrected chi connectivity index (χ2v) is 10.00. The Morgan fingerprint density at radius 2 is 2.03 bits per heavy atom. The van der Waals surface area contributed by atoms with E-state index in [1.807, 2.05) is 30.5 Å². The summed E-state index contributed by atoms with van der Waals surface area (Å²) in [6.45, 7) is 2.26. The van der Waals surface area contributed by atoms with Crippen LogP contribution in [0.15, 0.2) is 41.5 Å². The highest BCUT2D eigenvalue weighted by molar-refractivity contribution is 5.94. The van der Waals surface area contributed by atoms with Crippen LogP contribution in [-0.2, 0) is 6.54 Å². The Morgan fingerprint density at radius 1 is 1.17 bits per heavy atom. The third-order valence-corrected chi connectivity index (χ3v) is 7.83. The van der Waals surface area contributed by atoms with Crippen molar-refractivity contribution in [3.63, 3.8) is 0 Å². The highest BCUT2D eigenvalue weighted by Crippen LogP contribution is 2.31. The molecule has 1 atom stereocenters. The van der Waals surface area contributed by atoms with Crippen LogP contribution >= 0.6 is 0 Å². The van der Waals surface area contributed by atoms with E-state index in [1.54, 1.807) is 18.0 Å². The summed E-state index contributed by atoms with van der Waals surface area (Å²) >= 11 is 0. The van der Waals surface area contributed by atoms with Gasteiger partial charge in [0, 0.05) is 47.9 Å². The summed E-state index contributed by atoms with van der Waals surface area (Å²) in [6.07, 6.45) is 9.90. The maximum Gasteiger partial charge on any atom is 0.271 e. The Balaban J connectivity index is 1.18. The quantitative estimate of drug-likeness (QED) is 0.412. The first-order chi connectivity index (χ1) is 17.6. The van der Waals surface area contributed by atoms with Crippen LogP contribution in [0.25, 0.3) is 22.2 Å². The summed E-state index contributed by atoms with van der Waals surface area (Å²) in [5.74, 6) is 0.718. The number of hydrogen-bond donors (Lipinski definition) is 2. The number of benzene rings is 1. The number of ether oxygens (including phenoxy) is 1. The smallest absolute Gasteiger partial charge is 0.271 e. The monoisotopic (exact) mass is 488 g/mol. The maximum atomic E-state index is 13.0. The number of hydrogen-bond acceptors (Lipinski definition) is 7. The molecule has 4 heterocycles. The first kappa shape index (κ1) is 22.8. The molecule has 188 valence electrons. The van der Waals surface area contributed by atoms with Crippen LogP contribution in [0.3, 0.4) is 0 Å². The van der Waals surface area contributed by atoms with Crippen molar-refractivity contribution in [1.29, 1.82) is 0 Å². The minimum atomic E-state index is -0.0484. The normalized spacial score (nSPS) is 18.6. The van der Waals surface area contributed by atoms with Crippen LogP contribution in [0, 0.1) is 0 Å². The molecule has 36 heavy (non-hydrogen) atoms. The van der Waals surface area contributed by atoms with Crippen molar-refractivity contribution in [3.05, 3.63) is 52.7 Å². The Bertz CT molecular complexity index is 1420. The van der Waals surface area contributed by atoms with E-state index in [2.05, 4.69) is 42.3 Å². The van der Waals surface area contributed by atoms with E-state index in [4.69, 9.17) is 4.74 Å². The lowest BCUT2D eigenvalue weighted by Crippen LogP contribution is -2.52. The number of anilines is 1. The molecule has 4 aromatic rings. The molecule has 1 aromatic carbocycles. The van der Waals surface area contributed by atoms with Gasteiger partial charge in [-0.3, -0.25) is 14.8 Å². The van der Waals surface area contributed by atoms with Gasteiger partial charge in [0.25, 0.3) is 5.56 Å². The van der Waals surface area contributed by atoms with Gasteiger partial charge in [-0.15, -0.1) is 5.10 Å². The number of nitrogens with one attached hydrogen (secondary N) is 2. The lowest BCUT2D eigenvalue weighted by atomic mass is 9.89. The molecule has 2 N–H and O–H groups in total. The topological polar surface area (TPSA) is 108 Å². The fraction of sp³-hybridized carbons (Fsp3) is 0.462. The molecule has 1 unspecified atom stereocenters. The number of H-pyrrole nitrogens is 2. The van der Waals surface area contributed by atoms with Gasteiger partial charge in [-0.25, -0.2) is 4.68 Å². The first-order valence-electron chi connectivity index (χ1n) is 12.7. The second-order valence-electron chi connectivity index (χ2n) is 10.00. The van der Waals surface area contributed by atoms with Crippen molar-refractivity contribution in [3.8, 4) is 17.0 Å². The van der Waals surface area contributed by atoms with Crippen molar-refractivity contribution >= 4 is 16.6 Å². The summed E-state index contributed by atoms with van der Waals surface area (Å²) in [4.78, 5) is 20.9. The molecule has 2 fully saturated rings. The third kappa shape index (κ3) is 4.26. The summed E-state index contributed by atoms with van der Waals surface area (Å²) in [5, 5.41) is 16.7. The third-order valence-electron chi connectivity index (χ3n) is 7.83. The van der Waals surface area contributed by atoms with Crippen LogP contribution in [-0.4, -0.2) is 74.4 Å². The maximum absolute atomic E-state index is 13.0. The molecule has 1 aliphatic carbocycles. The number of methoxy groups -OCH3 is 1. The van der Waals surface area contributed by atoms with Gasteiger partial charge >= 0.3 is 0 Å². The molecular weight excluding hydrogens is 456 g/mol. The molecule has 1 saturated heterocycles. The van der Waals surface area contributed by atoms with Gasteiger partial charge in [0.05, 0.1) is 31.6 Å². The summed E-state index contributed by atoms with van der Waals surface area (Å²) in [7, 11) is 3.88. The highest BCUT2D eigenvalue weighted by Gasteiger charge is 2.31. The zero-order valence-electron chi connectivity index (χ0n) is 20.8. The second kappa shape index (κ2) is 9.42. The number of fused-ring (bicyclic) bond motifs is 1. The van der Waals surface area contributed by atoms with E-state index in [0.717, 1.165) is 53.1 Å². The van der Waals surface area contributed by atoms with E-state index < -0.39 is 0 Å². The van der Waals surface area contributed by atoms with Crippen molar-refractivity contribution < 1.29 is 4.74 Å². The molecule has 0 amide bonds. The van der Waals surface area contributed by atoms with E-state index in [9.17, 15) is 4.79 Å². The molecule has 3 aromatic heterocycles. The zero-order chi connectivity index (χ0) is 24.6. The fourth-order valence-corrected chi connectivity index (χ4v) is 5.47. The van der Waals surface area contributed by atoms with Crippen LogP contribution in [0.4, 0.5) is 5.69 Å². The van der Waals surface area contributed by atoms with Crippen LogP contribution in [0.5, 0.6) is 5.75 Å². The Morgan fingerprint density at radius 3 is 2.81 bits per heavy atom. The van der Waals surface area contributed by atoms with E-state index in [-0.39, 0.29) is 5.56 Å². The van der Waals surface area contributed by atoms with Gasteiger partial charge in [0.2, 0.25) is 0 Å². The number of aromatic nitrogens is 6. The molecule has 0 radical (unpaired) electrons. The Hall–Kier alpha value is -3.66. The van der Waals surface area contributed by atoms with Gasteiger partial charge in [0.15, 0.2) is 0 Å². The molecule has 1 aliphatic heterocycles. The van der Waals surface area contributed by atoms with Crippen LogP contribution in [0.2, 0.25) is 0 Å². The Labute approximate surface area is 209 Å². The van der Waals surface area contributed by atoms with E-state index >= 15 is 0 Å². The molecule has 1 saturated carbocycles. The number of nitrogens with zero attached hydrogens (tertiary/aromatic N) is 6. The van der Waals surface area contributed by atoms with Crippen LogP contribution < -0.4 is 15.2 Å². The predicted octanol–water partition coefficient (Wildman–Crippen LogP) is 3.02. The van der Waals surface area contributed by atoms with Crippen molar-refractivity contribution in [1.82, 2.24) is 35.1 Å². The summed E-state index contributed by atoms with van der Waals surface area (Å²) in [5.41, 5.74) is 3.97. The molecule has 6 rings (SSSR count). The standard InChI is InChI=1S/C26H32N8O2/c1-32(18-5-3-6-18)19-7-4-10-33(15-19)25-9-8-17(28-26(25)35)14-34-16-24(30-31-34)21-11-20(36-2)12-23-22(21)13-27-29-23/h8-9,11-13,16,18-19H,3-7,10,14-15H2,1-2H3,(H,27,29)(H,28,35). The number of piperidine rings is 1. The lowest BCUT2D eigenvalue weighted by Gasteiger charge is -2.44. The molecule has 0 bridgehead atoms. The predicted molar refractivity (Wildman–Crippen MR) is 138 cm³/mol. The lowest BCUT2D eigenvalue weighted by molar-refractivity contribution is 0.1000. The largest absolute Gasteiger partial charge is 0.497 e. The van der Waals surface area contributed by atoms with Gasteiger partial charge in [0.1, 0.15) is 17.1 Å². The zero-order valence-corrected chi connectivity index (χ0v) is 20.8. The molecule has 10 nitrogen and oxygen atoms in total. The number of likely N-dealkylation sites (N-methyl/N-ethyl adjacent to an activating group) is 1. The first-order valence-corrected chi connectivity index (χ1v) is 12.7. The molecule has 10 heteroatoms. The summed E-state index contributed by atoms with van der Waals surface area (Å²) in [6, 6.07) is 8.99. The van der Waals surface area contributed by atoms with E-state index in [0.29, 0.717) is 24.3 Å². The summed E-state index contributed by atoms with van der Waals surface area (Å²) < 4.78 is 7.15. The average Bonchev–Trinajstić information content (AvgIpc) is 3.52. The van der Waals surface area contributed by atoms with E-state index in [1.165, 1.54) is 25.7 Å². The Kier molecular flexibility index (Phi) is 5.96. The average molecular weight is 489 g/mol. The minimum Gasteiger partial charge on any atom is -0.497 e. The molecule has 0 spiro atoms. The number of aromatic amines is 2. The number of rotatable bonds is 7. The van der Waals surface area contributed by atoms with Crippen molar-refractivity contribution in [2.24, 2.45) is 0 Å². The fourth-order valence-electron chi connectivity index (χ4n) is 5.47. The van der Waals surface area contributed by atoms with Gasteiger partial charge < -0.3 is 14.6 Å². The van der Waals surface area contributed by atoms with Crippen LogP contribution in [0.1, 0.15) is 37.8 Å². The SMILES string of the molecule is COc1cc(-c2cn(Cc3ccc(N4CCCC(N(C)C5CCC5)C4)c(=O)[nH]3)nn2)c2cn[nH]c2c1. The van der Waals surface area contributed by atoms with Gasteiger partial charge in [-0.1, -0.05) is 11.6 Å². The molecular formula is C26H32N8O2. The minimum absolute atomic E-state index is 0.0484. The van der Waals surface area contributed by atoms with Gasteiger partial charge in [-0.05, 0) is 50.9 Å². The number of pyridine rings is 1.